The number of aryl methyl sites for hydroxylation is 1. The number of carbonyl (C=O) groups is 1. The molecule has 0 aliphatic carbocycles. The maximum Gasteiger partial charge on any atom is 0.319 e. The van der Waals surface area contributed by atoms with Gasteiger partial charge in [-0.3, -0.25) is 0 Å². The van der Waals surface area contributed by atoms with Gasteiger partial charge in [0.15, 0.2) is 0 Å². The van der Waals surface area contributed by atoms with Gasteiger partial charge in [-0.15, -0.1) is 0 Å². The van der Waals surface area contributed by atoms with Crippen molar-refractivity contribution >= 4 is 11.7 Å². The lowest BCUT2D eigenvalue weighted by molar-refractivity contribution is 0.233. The summed E-state index contributed by atoms with van der Waals surface area (Å²) in [6.07, 6.45) is 3.47. The molecule has 1 aromatic heterocycles. The fourth-order valence-corrected chi connectivity index (χ4v) is 2.11. The van der Waals surface area contributed by atoms with E-state index < -0.39 is 0 Å². The lowest BCUT2D eigenvalue weighted by atomic mass is 10.1. The molecule has 0 bridgehead atoms. The van der Waals surface area contributed by atoms with Crippen LogP contribution in [0.25, 0.3) is 0 Å². The Labute approximate surface area is 137 Å². The molecule has 5 nitrogen and oxygen atoms in total. The first kappa shape index (κ1) is 16.8. The number of hydrogen-bond donors (Lipinski definition) is 2. The van der Waals surface area contributed by atoms with Crippen LogP contribution in [0.2, 0.25) is 0 Å². The number of nitrogens with zero attached hydrogens (tertiary/aromatic N) is 1. The van der Waals surface area contributed by atoms with Crippen molar-refractivity contribution in [2.45, 2.75) is 32.8 Å². The highest BCUT2D eigenvalue weighted by molar-refractivity contribution is 5.90. The van der Waals surface area contributed by atoms with Gasteiger partial charge in [-0.05, 0) is 44.4 Å². The maximum atomic E-state index is 12.0. The summed E-state index contributed by atoms with van der Waals surface area (Å²) in [7, 11) is 0. The fourth-order valence-electron chi connectivity index (χ4n) is 2.11. The first-order valence-corrected chi connectivity index (χ1v) is 7.85. The van der Waals surface area contributed by atoms with Crippen molar-refractivity contribution < 1.29 is 9.53 Å². The summed E-state index contributed by atoms with van der Waals surface area (Å²) < 4.78 is 5.58. The monoisotopic (exact) mass is 313 g/mol. The molecular formula is C18H23N3O2. The highest BCUT2D eigenvalue weighted by Gasteiger charge is 2.09. The Bertz CT molecular complexity index is 615. The average Bonchev–Trinajstić information content (AvgIpc) is 2.54. The Morgan fingerprint density at radius 2 is 1.96 bits per heavy atom. The minimum Gasteiger partial charge on any atom is -0.473 e. The number of ether oxygens (including phenoxy) is 1. The third kappa shape index (κ3) is 5.98. The average molecular weight is 313 g/mol. The number of pyridine rings is 1. The number of carbonyl (C=O) groups excluding carboxylic acids is 1. The van der Waals surface area contributed by atoms with Crippen molar-refractivity contribution in [1.29, 1.82) is 0 Å². The second-order valence-corrected chi connectivity index (χ2v) is 5.49. The van der Waals surface area contributed by atoms with E-state index >= 15 is 0 Å². The van der Waals surface area contributed by atoms with Gasteiger partial charge in [-0.2, -0.15) is 0 Å². The molecule has 0 fully saturated rings. The Morgan fingerprint density at radius 1 is 1.17 bits per heavy atom. The highest BCUT2D eigenvalue weighted by Crippen LogP contribution is 2.21. The van der Waals surface area contributed by atoms with E-state index in [1.807, 2.05) is 32.0 Å². The Morgan fingerprint density at radius 3 is 2.70 bits per heavy atom. The second-order valence-electron chi connectivity index (χ2n) is 5.49. The second kappa shape index (κ2) is 8.78. The fraction of sp³-hybridized carbons (Fsp3) is 0.333. The molecule has 1 heterocycles. The van der Waals surface area contributed by atoms with Gasteiger partial charge in [0.05, 0.1) is 6.10 Å². The van der Waals surface area contributed by atoms with E-state index in [0.29, 0.717) is 18.1 Å². The van der Waals surface area contributed by atoms with Gasteiger partial charge in [0.2, 0.25) is 5.88 Å². The molecule has 0 saturated heterocycles. The third-order valence-electron chi connectivity index (χ3n) is 3.14. The minimum absolute atomic E-state index is 0.000571. The topological polar surface area (TPSA) is 63.2 Å². The largest absolute Gasteiger partial charge is 0.473 e. The Kier molecular flexibility index (Phi) is 6.41. The number of urea groups is 1. The smallest absolute Gasteiger partial charge is 0.319 e. The van der Waals surface area contributed by atoms with E-state index in [2.05, 4.69) is 27.8 Å². The minimum atomic E-state index is -0.250. The molecule has 1 aromatic carbocycles. The molecule has 0 aliphatic rings. The van der Waals surface area contributed by atoms with Crippen LogP contribution in [-0.4, -0.2) is 23.7 Å². The predicted octanol–water partition coefficient (Wildman–Crippen LogP) is 3.62. The molecule has 0 saturated carbocycles. The highest BCUT2D eigenvalue weighted by atomic mass is 16.5. The zero-order valence-corrected chi connectivity index (χ0v) is 13.6. The van der Waals surface area contributed by atoms with Gasteiger partial charge in [-0.1, -0.05) is 30.3 Å². The van der Waals surface area contributed by atoms with Crippen LogP contribution in [0.5, 0.6) is 5.88 Å². The van der Waals surface area contributed by atoms with Gasteiger partial charge >= 0.3 is 6.03 Å². The molecule has 0 radical (unpaired) electrons. The van der Waals surface area contributed by atoms with E-state index in [1.54, 1.807) is 18.3 Å². The quantitative estimate of drug-likeness (QED) is 0.767. The summed E-state index contributed by atoms with van der Waals surface area (Å²) in [5, 5.41) is 5.63. The molecule has 0 atom stereocenters. The van der Waals surface area contributed by atoms with Crippen molar-refractivity contribution in [3.63, 3.8) is 0 Å². The van der Waals surface area contributed by atoms with E-state index in [-0.39, 0.29) is 12.1 Å². The van der Waals surface area contributed by atoms with E-state index in [1.165, 1.54) is 5.56 Å². The first-order valence-electron chi connectivity index (χ1n) is 7.85. The van der Waals surface area contributed by atoms with Crippen molar-refractivity contribution in [2.75, 3.05) is 11.9 Å². The lowest BCUT2D eigenvalue weighted by Gasteiger charge is -2.13. The summed E-state index contributed by atoms with van der Waals surface area (Å²) in [6, 6.07) is 13.5. The molecule has 2 aromatic rings. The van der Waals surface area contributed by atoms with Crippen LogP contribution in [0.4, 0.5) is 10.5 Å². The van der Waals surface area contributed by atoms with Crippen LogP contribution < -0.4 is 15.4 Å². The number of nitrogens with one attached hydrogen (secondary N) is 2. The van der Waals surface area contributed by atoms with Crippen LogP contribution in [-0.2, 0) is 6.42 Å². The molecule has 0 spiro atoms. The number of anilines is 1. The number of rotatable bonds is 7. The Balaban J connectivity index is 1.76. The van der Waals surface area contributed by atoms with Gasteiger partial charge in [0.25, 0.3) is 0 Å². The zero-order chi connectivity index (χ0) is 16.5. The van der Waals surface area contributed by atoms with Gasteiger partial charge in [0.1, 0.15) is 5.69 Å². The molecule has 5 heteroatoms. The van der Waals surface area contributed by atoms with Gasteiger partial charge in [-0.25, -0.2) is 9.78 Å². The molecule has 2 amide bonds. The first-order chi connectivity index (χ1) is 11.1. The van der Waals surface area contributed by atoms with Crippen LogP contribution in [0, 0.1) is 0 Å². The van der Waals surface area contributed by atoms with Crippen LogP contribution in [0.1, 0.15) is 25.8 Å². The van der Waals surface area contributed by atoms with Gasteiger partial charge in [0, 0.05) is 12.7 Å². The van der Waals surface area contributed by atoms with Crippen molar-refractivity contribution in [1.82, 2.24) is 10.3 Å². The summed E-state index contributed by atoms with van der Waals surface area (Å²) in [5.74, 6) is 0.432. The lowest BCUT2D eigenvalue weighted by Crippen LogP contribution is -2.30. The molecule has 0 unspecified atom stereocenters. The van der Waals surface area contributed by atoms with E-state index in [0.717, 1.165) is 12.8 Å². The Hall–Kier alpha value is -2.56. The summed E-state index contributed by atoms with van der Waals surface area (Å²) in [6.45, 7) is 4.45. The van der Waals surface area contributed by atoms with E-state index in [9.17, 15) is 4.79 Å². The molecular weight excluding hydrogens is 290 g/mol. The van der Waals surface area contributed by atoms with Crippen molar-refractivity contribution in [3.8, 4) is 5.88 Å². The normalized spacial score (nSPS) is 10.4. The number of amides is 2. The number of aromatic nitrogens is 1. The van der Waals surface area contributed by atoms with Crippen LogP contribution in [0.3, 0.4) is 0 Å². The van der Waals surface area contributed by atoms with E-state index in [4.69, 9.17) is 4.74 Å². The van der Waals surface area contributed by atoms with Crippen molar-refractivity contribution in [2.24, 2.45) is 0 Å². The molecule has 2 rings (SSSR count). The summed E-state index contributed by atoms with van der Waals surface area (Å²) in [4.78, 5) is 16.1. The van der Waals surface area contributed by atoms with Crippen molar-refractivity contribution in [3.05, 3.63) is 54.2 Å². The van der Waals surface area contributed by atoms with Crippen LogP contribution in [0.15, 0.2) is 48.7 Å². The summed E-state index contributed by atoms with van der Waals surface area (Å²) >= 11 is 0. The summed E-state index contributed by atoms with van der Waals surface area (Å²) in [5.41, 5.74) is 1.84. The predicted molar refractivity (Wildman–Crippen MR) is 91.8 cm³/mol. The molecule has 0 aliphatic heterocycles. The molecule has 2 N–H and O–H groups in total. The molecule has 122 valence electrons. The third-order valence-corrected chi connectivity index (χ3v) is 3.14. The number of benzene rings is 1. The standard InChI is InChI=1S/C18H23N3O2/c1-14(2)23-17-16(11-7-12-19-17)21-18(22)20-13-6-10-15-8-4-3-5-9-15/h3-5,7-9,11-12,14H,6,10,13H2,1-2H3,(H2,20,21,22). The SMILES string of the molecule is CC(C)Oc1ncccc1NC(=O)NCCCc1ccccc1. The molecule has 23 heavy (non-hydrogen) atoms. The van der Waals surface area contributed by atoms with Crippen LogP contribution >= 0.6 is 0 Å². The maximum absolute atomic E-state index is 12.0. The zero-order valence-electron chi connectivity index (χ0n) is 13.6. The number of hydrogen-bond acceptors (Lipinski definition) is 3. The van der Waals surface area contributed by atoms with Gasteiger partial charge < -0.3 is 15.4 Å².